The van der Waals surface area contributed by atoms with Gasteiger partial charge in [0, 0.05) is 20.6 Å². The maximum Gasteiger partial charge on any atom is 0.328 e. The Bertz CT molecular complexity index is 1500. The highest BCUT2D eigenvalue weighted by molar-refractivity contribution is 9.10. The fraction of sp³-hybridized carbons (Fsp3) is 0.0417. The van der Waals surface area contributed by atoms with Crippen molar-refractivity contribution in [1.82, 2.24) is 4.68 Å². The first-order chi connectivity index (χ1) is 16.7. The largest absolute Gasteiger partial charge is 0.328 e. The normalized spacial score (nSPS) is 10.8. The van der Waals surface area contributed by atoms with Gasteiger partial charge in [0.15, 0.2) is 0 Å². The maximum atomic E-state index is 13.2. The van der Waals surface area contributed by atoms with Crippen molar-refractivity contribution < 1.29 is 14.4 Å². The van der Waals surface area contributed by atoms with Crippen molar-refractivity contribution in [2.75, 3.05) is 16.1 Å². The molecule has 0 bridgehead atoms. The molecule has 1 aromatic heterocycles. The molecule has 0 unspecified atom stereocenters. The summed E-state index contributed by atoms with van der Waals surface area (Å²) in [5, 5.41) is 6.70. The molecule has 35 heavy (non-hydrogen) atoms. The number of benzene rings is 3. The second-order valence-electron chi connectivity index (χ2n) is 7.43. The maximum absolute atomic E-state index is 13.2. The lowest BCUT2D eigenvalue weighted by Gasteiger charge is -2.14. The smallest absolute Gasteiger partial charge is 0.320 e. The highest BCUT2D eigenvalue weighted by atomic mass is 79.9. The SMILES string of the molecule is Cc1c(Cl)cccc1NC(=O)c1cc2cc(Br)ccc2n1NC(=O)C(=O)Nc1cccc(Cl)c1Cl. The topological polar surface area (TPSA) is 92.2 Å². The van der Waals surface area contributed by atoms with Gasteiger partial charge in [0.05, 0.1) is 21.2 Å². The third-order valence-corrected chi connectivity index (χ3v) is 6.85. The van der Waals surface area contributed by atoms with Gasteiger partial charge < -0.3 is 10.6 Å². The summed E-state index contributed by atoms with van der Waals surface area (Å²) in [6.45, 7) is 1.78. The quantitative estimate of drug-likeness (QED) is 0.232. The number of carbonyl (C=O) groups is 3. The summed E-state index contributed by atoms with van der Waals surface area (Å²) in [5.74, 6) is -2.53. The van der Waals surface area contributed by atoms with Gasteiger partial charge in [-0.3, -0.25) is 19.8 Å². The highest BCUT2D eigenvalue weighted by Crippen LogP contribution is 2.30. The van der Waals surface area contributed by atoms with E-state index in [0.717, 1.165) is 4.47 Å². The van der Waals surface area contributed by atoms with Crippen LogP contribution < -0.4 is 16.1 Å². The zero-order valence-electron chi connectivity index (χ0n) is 18.0. The van der Waals surface area contributed by atoms with Crippen LogP contribution in [0.3, 0.4) is 0 Å². The molecule has 0 spiro atoms. The summed E-state index contributed by atoms with van der Waals surface area (Å²) in [7, 11) is 0. The Morgan fingerprint density at radius 2 is 1.51 bits per heavy atom. The van der Waals surface area contributed by atoms with E-state index >= 15 is 0 Å². The van der Waals surface area contributed by atoms with E-state index < -0.39 is 17.7 Å². The molecule has 0 radical (unpaired) electrons. The molecule has 0 saturated carbocycles. The number of nitrogens with one attached hydrogen (secondary N) is 3. The number of rotatable bonds is 4. The number of halogens is 4. The molecule has 0 saturated heterocycles. The van der Waals surface area contributed by atoms with Gasteiger partial charge in [0.2, 0.25) is 0 Å². The van der Waals surface area contributed by atoms with Crippen LogP contribution in [0.5, 0.6) is 0 Å². The molecule has 178 valence electrons. The monoisotopic (exact) mass is 592 g/mol. The summed E-state index contributed by atoms with van der Waals surface area (Å²) in [5.41, 5.74) is 4.47. The van der Waals surface area contributed by atoms with Gasteiger partial charge in [-0.05, 0) is 61.0 Å². The predicted octanol–water partition coefficient (Wildman–Crippen LogP) is 6.63. The number of hydrogen-bond acceptors (Lipinski definition) is 3. The second kappa shape index (κ2) is 10.3. The Morgan fingerprint density at radius 3 is 2.26 bits per heavy atom. The summed E-state index contributed by atoms with van der Waals surface area (Å²) < 4.78 is 2.03. The van der Waals surface area contributed by atoms with Crippen LogP contribution in [0.1, 0.15) is 16.1 Å². The number of anilines is 2. The minimum absolute atomic E-state index is 0.0967. The zero-order valence-corrected chi connectivity index (χ0v) is 21.8. The van der Waals surface area contributed by atoms with E-state index in [1.807, 2.05) is 0 Å². The molecule has 3 amide bonds. The molecule has 11 heteroatoms. The number of amides is 3. The fourth-order valence-corrected chi connectivity index (χ4v) is 4.24. The Hall–Kier alpha value is -3.04. The molecule has 1 heterocycles. The van der Waals surface area contributed by atoms with Gasteiger partial charge >= 0.3 is 11.8 Å². The molecule has 0 atom stereocenters. The molecular formula is C24H16BrCl3N4O3. The standard InChI is InChI=1S/C24H16BrCl3N4O3/c1-12-15(26)4-2-6-17(12)29-22(33)20-11-13-10-14(25)8-9-19(13)32(20)31-24(35)23(34)30-18-7-3-5-16(27)21(18)28/h2-11H,1H3,(H,29,33)(H,30,34)(H,31,35). The predicted molar refractivity (Wildman–Crippen MR) is 143 cm³/mol. The van der Waals surface area contributed by atoms with Crippen molar-refractivity contribution in [3.05, 3.63) is 91.5 Å². The van der Waals surface area contributed by atoms with Crippen LogP contribution in [0.2, 0.25) is 15.1 Å². The highest BCUT2D eigenvalue weighted by Gasteiger charge is 2.22. The third kappa shape index (κ3) is 5.31. The first-order valence-corrected chi connectivity index (χ1v) is 12.0. The van der Waals surface area contributed by atoms with Crippen molar-refractivity contribution >= 4 is 90.7 Å². The molecular weight excluding hydrogens is 579 g/mol. The van der Waals surface area contributed by atoms with Crippen LogP contribution in [-0.2, 0) is 9.59 Å². The summed E-state index contributed by atoms with van der Waals surface area (Å²) in [6, 6.07) is 16.6. The fourth-order valence-electron chi connectivity index (χ4n) is 3.33. The minimum Gasteiger partial charge on any atom is -0.320 e. The van der Waals surface area contributed by atoms with E-state index in [0.29, 0.717) is 27.2 Å². The Labute approximate surface area is 223 Å². The first-order valence-electron chi connectivity index (χ1n) is 10.1. The first kappa shape index (κ1) is 25.1. The molecule has 3 N–H and O–H groups in total. The number of hydrogen-bond donors (Lipinski definition) is 3. The molecule has 4 rings (SSSR count). The van der Waals surface area contributed by atoms with E-state index in [1.165, 1.54) is 10.7 Å². The number of carbonyl (C=O) groups excluding carboxylic acids is 3. The molecule has 3 aromatic carbocycles. The van der Waals surface area contributed by atoms with Crippen LogP contribution in [0.25, 0.3) is 10.9 Å². The van der Waals surface area contributed by atoms with Crippen molar-refractivity contribution in [2.24, 2.45) is 0 Å². The molecule has 0 aliphatic carbocycles. The number of aromatic nitrogens is 1. The van der Waals surface area contributed by atoms with E-state index in [1.54, 1.807) is 61.5 Å². The van der Waals surface area contributed by atoms with Gasteiger partial charge in [0.1, 0.15) is 5.69 Å². The minimum atomic E-state index is -1.02. The van der Waals surface area contributed by atoms with E-state index in [2.05, 4.69) is 32.0 Å². The molecule has 4 aromatic rings. The average Bonchev–Trinajstić information content (AvgIpc) is 3.17. The van der Waals surface area contributed by atoms with Gasteiger partial charge in [-0.15, -0.1) is 0 Å². The van der Waals surface area contributed by atoms with E-state index in [9.17, 15) is 14.4 Å². The Kier molecular flexibility index (Phi) is 7.37. The van der Waals surface area contributed by atoms with Gasteiger partial charge in [0.25, 0.3) is 5.91 Å². The third-order valence-electron chi connectivity index (χ3n) is 5.13. The van der Waals surface area contributed by atoms with Crippen molar-refractivity contribution in [3.8, 4) is 0 Å². The van der Waals surface area contributed by atoms with Gasteiger partial charge in [-0.2, -0.15) is 0 Å². The summed E-state index contributed by atoms with van der Waals surface area (Å²) in [6.07, 6.45) is 0. The number of nitrogens with zero attached hydrogens (tertiary/aromatic N) is 1. The average molecular weight is 595 g/mol. The lowest BCUT2D eigenvalue weighted by molar-refractivity contribution is -0.133. The number of fused-ring (bicyclic) bond motifs is 1. The van der Waals surface area contributed by atoms with Crippen molar-refractivity contribution in [1.29, 1.82) is 0 Å². The van der Waals surface area contributed by atoms with E-state index in [-0.39, 0.29) is 21.4 Å². The second-order valence-corrected chi connectivity index (χ2v) is 9.54. The van der Waals surface area contributed by atoms with E-state index in [4.69, 9.17) is 34.8 Å². The van der Waals surface area contributed by atoms with Crippen LogP contribution >= 0.6 is 50.7 Å². The Balaban J connectivity index is 1.65. The molecule has 7 nitrogen and oxygen atoms in total. The lowest BCUT2D eigenvalue weighted by Crippen LogP contribution is -2.36. The van der Waals surface area contributed by atoms with Crippen LogP contribution in [0.15, 0.2) is 65.1 Å². The molecule has 0 aliphatic heterocycles. The Morgan fingerprint density at radius 1 is 0.829 bits per heavy atom. The van der Waals surface area contributed by atoms with Crippen molar-refractivity contribution in [3.63, 3.8) is 0 Å². The summed E-state index contributed by atoms with van der Waals surface area (Å²) in [4.78, 5) is 38.6. The lowest BCUT2D eigenvalue weighted by atomic mass is 10.2. The summed E-state index contributed by atoms with van der Waals surface area (Å²) >= 11 is 21.6. The van der Waals surface area contributed by atoms with Gasteiger partial charge in [-0.25, -0.2) is 4.68 Å². The molecule has 0 fully saturated rings. The van der Waals surface area contributed by atoms with Crippen LogP contribution in [0, 0.1) is 6.92 Å². The van der Waals surface area contributed by atoms with Crippen LogP contribution in [-0.4, -0.2) is 22.4 Å². The molecule has 0 aliphatic rings. The zero-order chi connectivity index (χ0) is 25.3. The van der Waals surface area contributed by atoms with Gasteiger partial charge in [-0.1, -0.05) is 62.9 Å². The van der Waals surface area contributed by atoms with Crippen LogP contribution in [0.4, 0.5) is 11.4 Å². The van der Waals surface area contributed by atoms with Crippen molar-refractivity contribution in [2.45, 2.75) is 6.92 Å².